The molecule has 1 aliphatic heterocycles. The number of hydrogen-bond acceptors (Lipinski definition) is 2. The third kappa shape index (κ3) is 3.73. The fourth-order valence-corrected chi connectivity index (χ4v) is 3.99. The van der Waals surface area contributed by atoms with Crippen LogP contribution in [-0.2, 0) is 0 Å². The summed E-state index contributed by atoms with van der Waals surface area (Å²) in [7, 11) is 0. The van der Waals surface area contributed by atoms with Crippen LogP contribution in [0.25, 0.3) is 0 Å². The van der Waals surface area contributed by atoms with Gasteiger partial charge in [0.1, 0.15) is 0 Å². The van der Waals surface area contributed by atoms with E-state index in [-0.39, 0.29) is 11.9 Å². The Hall–Kier alpha value is -2.23. The number of hydrogen-bond donors (Lipinski definition) is 1. The summed E-state index contributed by atoms with van der Waals surface area (Å²) < 4.78 is 2.23. The molecule has 2 aromatic rings. The Kier molecular flexibility index (Phi) is 5.16. The van der Waals surface area contributed by atoms with Crippen LogP contribution >= 0.6 is 0 Å². The molecule has 1 amide bonds. The van der Waals surface area contributed by atoms with Crippen LogP contribution in [0.3, 0.4) is 0 Å². The van der Waals surface area contributed by atoms with E-state index in [1.54, 1.807) is 0 Å². The number of piperidine rings is 1. The summed E-state index contributed by atoms with van der Waals surface area (Å²) in [5.74, 6) is 0.0677. The molecule has 0 radical (unpaired) electrons. The topological polar surface area (TPSA) is 37.3 Å². The number of nitrogens with one attached hydrogen (secondary N) is 1. The molecular formula is C21H29N3O. The molecule has 2 heterocycles. The maximum atomic E-state index is 12.7. The van der Waals surface area contributed by atoms with Crippen molar-refractivity contribution in [1.29, 1.82) is 0 Å². The lowest BCUT2D eigenvalue weighted by Crippen LogP contribution is -2.44. The number of nitrogens with zero attached hydrogens (tertiary/aromatic N) is 2. The summed E-state index contributed by atoms with van der Waals surface area (Å²) in [5, 5.41) is 3.25. The number of aromatic nitrogens is 1. The van der Waals surface area contributed by atoms with E-state index >= 15 is 0 Å². The maximum Gasteiger partial charge on any atom is 0.253 e. The highest BCUT2D eigenvalue weighted by atomic mass is 16.1. The van der Waals surface area contributed by atoms with Crippen molar-refractivity contribution in [3.63, 3.8) is 0 Å². The molecule has 1 N–H and O–H groups in total. The average molecular weight is 339 g/mol. The fraction of sp³-hybridized carbons (Fsp3) is 0.476. The molecule has 1 aliphatic rings. The standard InChI is InChI=1S/C21H29N3O/c1-15(2)24-16(3)14-20(17(24)4)21(25)22-18-10-12-23(13-11-18)19-8-6-5-7-9-19/h5-9,14-15,18H,10-13H2,1-4H3,(H,22,25). The van der Waals surface area contributed by atoms with E-state index in [2.05, 4.69) is 59.8 Å². The van der Waals surface area contributed by atoms with Crippen LogP contribution in [0.4, 0.5) is 5.69 Å². The minimum atomic E-state index is 0.0677. The first-order chi connectivity index (χ1) is 12.0. The monoisotopic (exact) mass is 339 g/mol. The zero-order valence-electron chi connectivity index (χ0n) is 15.7. The molecule has 0 atom stereocenters. The Morgan fingerprint density at radius 2 is 1.76 bits per heavy atom. The molecule has 1 aromatic carbocycles. The fourth-order valence-electron chi connectivity index (χ4n) is 3.99. The number of carbonyl (C=O) groups is 1. The number of benzene rings is 1. The van der Waals surface area contributed by atoms with Crippen LogP contribution in [0.15, 0.2) is 36.4 Å². The Morgan fingerprint density at radius 3 is 2.32 bits per heavy atom. The molecule has 1 saturated heterocycles. The lowest BCUT2D eigenvalue weighted by Gasteiger charge is -2.34. The van der Waals surface area contributed by atoms with Gasteiger partial charge in [-0.05, 0) is 58.7 Å². The lowest BCUT2D eigenvalue weighted by atomic mass is 10.0. The van der Waals surface area contributed by atoms with Gasteiger partial charge in [0, 0.05) is 42.2 Å². The van der Waals surface area contributed by atoms with Gasteiger partial charge in [-0.1, -0.05) is 18.2 Å². The van der Waals surface area contributed by atoms with Gasteiger partial charge in [-0.2, -0.15) is 0 Å². The molecule has 25 heavy (non-hydrogen) atoms. The van der Waals surface area contributed by atoms with Crippen molar-refractivity contribution in [2.24, 2.45) is 0 Å². The third-order valence-electron chi connectivity index (χ3n) is 5.20. The number of aryl methyl sites for hydroxylation is 1. The molecule has 4 heteroatoms. The summed E-state index contributed by atoms with van der Waals surface area (Å²) in [5.41, 5.74) is 4.30. The van der Waals surface area contributed by atoms with Crippen LogP contribution in [-0.4, -0.2) is 29.6 Å². The summed E-state index contributed by atoms with van der Waals surface area (Å²) in [4.78, 5) is 15.1. The number of anilines is 1. The highest BCUT2D eigenvalue weighted by Crippen LogP contribution is 2.22. The van der Waals surface area contributed by atoms with Crippen LogP contribution in [0.1, 0.15) is 54.5 Å². The van der Waals surface area contributed by atoms with Crippen molar-refractivity contribution >= 4 is 11.6 Å². The first-order valence-electron chi connectivity index (χ1n) is 9.26. The molecule has 0 saturated carbocycles. The van der Waals surface area contributed by atoms with Crippen molar-refractivity contribution in [3.8, 4) is 0 Å². The number of carbonyl (C=O) groups excluding carboxylic acids is 1. The molecule has 134 valence electrons. The van der Waals surface area contributed by atoms with Gasteiger partial charge in [-0.3, -0.25) is 4.79 Å². The Balaban J connectivity index is 1.61. The second-order valence-electron chi connectivity index (χ2n) is 7.32. The van der Waals surface area contributed by atoms with Crippen molar-refractivity contribution in [1.82, 2.24) is 9.88 Å². The zero-order chi connectivity index (χ0) is 18.0. The van der Waals surface area contributed by atoms with Crippen molar-refractivity contribution < 1.29 is 4.79 Å². The quantitative estimate of drug-likeness (QED) is 0.911. The van der Waals surface area contributed by atoms with E-state index in [0.717, 1.165) is 42.9 Å². The SMILES string of the molecule is Cc1cc(C(=O)NC2CCN(c3ccccc3)CC2)c(C)n1C(C)C. The van der Waals surface area contributed by atoms with Gasteiger partial charge >= 0.3 is 0 Å². The molecule has 0 unspecified atom stereocenters. The van der Waals surface area contributed by atoms with Gasteiger partial charge < -0.3 is 14.8 Å². The Bertz CT molecular complexity index is 725. The minimum Gasteiger partial charge on any atom is -0.371 e. The van der Waals surface area contributed by atoms with Gasteiger partial charge in [0.25, 0.3) is 5.91 Å². The van der Waals surface area contributed by atoms with Crippen molar-refractivity contribution in [2.75, 3.05) is 18.0 Å². The molecule has 0 spiro atoms. The Labute approximate surface area is 150 Å². The summed E-state index contributed by atoms with van der Waals surface area (Å²) in [6.07, 6.45) is 1.98. The first-order valence-corrected chi connectivity index (χ1v) is 9.26. The average Bonchev–Trinajstić information content (AvgIpc) is 2.91. The molecule has 1 fully saturated rings. The van der Waals surface area contributed by atoms with E-state index in [1.807, 2.05) is 19.1 Å². The van der Waals surface area contributed by atoms with Gasteiger partial charge in [0.2, 0.25) is 0 Å². The molecule has 4 nitrogen and oxygen atoms in total. The lowest BCUT2D eigenvalue weighted by molar-refractivity contribution is 0.0930. The highest BCUT2D eigenvalue weighted by molar-refractivity contribution is 5.96. The number of rotatable bonds is 4. The minimum absolute atomic E-state index is 0.0677. The second kappa shape index (κ2) is 7.34. The first kappa shape index (κ1) is 17.6. The normalized spacial score (nSPS) is 15.6. The van der Waals surface area contributed by atoms with E-state index in [4.69, 9.17) is 0 Å². The highest BCUT2D eigenvalue weighted by Gasteiger charge is 2.23. The predicted molar refractivity (Wildman–Crippen MR) is 103 cm³/mol. The number of para-hydroxylation sites is 1. The summed E-state index contributed by atoms with van der Waals surface area (Å²) in [6, 6.07) is 13.2. The zero-order valence-corrected chi connectivity index (χ0v) is 15.7. The number of amides is 1. The summed E-state index contributed by atoms with van der Waals surface area (Å²) in [6.45, 7) is 10.4. The second-order valence-corrected chi connectivity index (χ2v) is 7.32. The van der Waals surface area contributed by atoms with Gasteiger partial charge in [-0.25, -0.2) is 0 Å². The van der Waals surface area contributed by atoms with E-state index in [1.165, 1.54) is 5.69 Å². The molecule has 0 aliphatic carbocycles. The van der Waals surface area contributed by atoms with E-state index < -0.39 is 0 Å². The Morgan fingerprint density at radius 1 is 1.12 bits per heavy atom. The van der Waals surface area contributed by atoms with E-state index in [0.29, 0.717) is 6.04 Å². The van der Waals surface area contributed by atoms with Gasteiger partial charge in [0.05, 0.1) is 5.56 Å². The largest absolute Gasteiger partial charge is 0.371 e. The molecule has 3 rings (SSSR count). The van der Waals surface area contributed by atoms with Crippen LogP contribution in [0.2, 0.25) is 0 Å². The molecule has 0 bridgehead atoms. The summed E-state index contributed by atoms with van der Waals surface area (Å²) >= 11 is 0. The molecule has 1 aromatic heterocycles. The molecular weight excluding hydrogens is 310 g/mol. The van der Waals surface area contributed by atoms with Crippen LogP contribution in [0.5, 0.6) is 0 Å². The van der Waals surface area contributed by atoms with Gasteiger partial charge in [-0.15, -0.1) is 0 Å². The third-order valence-corrected chi connectivity index (χ3v) is 5.20. The predicted octanol–water partition coefficient (Wildman–Crippen LogP) is 4.08. The van der Waals surface area contributed by atoms with Crippen molar-refractivity contribution in [2.45, 2.75) is 52.6 Å². The van der Waals surface area contributed by atoms with Crippen LogP contribution in [0, 0.1) is 13.8 Å². The van der Waals surface area contributed by atoms with Gasteiger partial charge in [0.15, 0.2) is 0 Å². The maximum absolute atomic E-state index is 12.7. The van der Waals surface area contributed by atoms with Crippen LogP contribution < -0.4 is 10.2 Å². The smallest absolute Gasteiger partial charge is 0.253 e. The van der Waals surface area contributed by atoms with E-state index in [9.17, 15) is 4.79 Å². The van der Waals surface area contributed by atoms with Crippen molar-refractivity contribution in [3.05, 3.63) is 53.3 Å².